The van der Waals surface area contributed by atoms with Crippen molar-refractivity contribution in [2.75, 3.05) is 6.79 Å². The van der Waals surface area contributed by atoms with E-state index in [2.05, 4.69) is 28.6 Å². The Morgan fingerprint density at radius 1 is 1.14 bits per heavy atom. The van der Waals surface area contributed by atoms with E-state index >= 15 is 0 Å². The largest absolute Gasteiger partial charge is 0.454 e. The minimum Gasteiger partial charge on any atom is -0.454 e. The summed E-state index contributed by atoms with van der Waals surface area (Å²) < 4.78 is 14.7. The Hall–Kier alpha value is -2.93. The smallest absolute Gasteiger partial charge is 0.275 e. The molecule has 0 radical (unpaired) electrons. The maximum absolute atomic E-state index is 13.1. The van der Waals surface area contributed by atoms with Gasteiger partial charge >= 0.3 is 0 Å². The van der Waals surface area contributed by atoms with Gasteiger partial charge in [-0.1, -0.05) is 40.9 Å². The lowest BCUT2D eigenvalue weighted by Gasteiger charge is -2.29. The van der Waals surface area contributed by atoms with E-state index in [0.717, 1.165) is 29.9 Å². The molecule has 0 bridgehead atoms. The van der Waals surface area contributed by atoms with Crippen LogP contribution in [0.5, 0.6) is 11.5 Å². The van der Waals surface area contributed by atoms with Gasteiger partial charge < -0.3 is 14.4 Å². The highest BCUT2D eigenvalue weighted by Gasteiger charge is 2.24. The number of carbonyl (C=O) groups is 1. The molecular formula is C21H21N3O3S. The fourth-order valence-corrected chi connectivity index (χ4v) is 3.67. The van der Waals surface area contributed by atoms with E-state index in [1.165, 1.54) is 17.1 Å². The van der Waals surface area contributed by atoms with Crippen LogP contribution in [0.25, 0.3) is 0 Å². The monoisotopic (exact) mass is 395 g/mol. The summed E-state index contributed by atoms with van der Waals surface area (Å²) in [4.78, 5) is 14.9. The zero-order valence-corrected chi connectivity index (χ0v) is 16.4. The molecule has 0 fully saturated rings. The van der Waals surface area contributed by atoms with Crippen LogP contribution in [0.3, 0.4) is 0 Å². The van der Waals surface area contributed by atoms with E-state index in [9.17, 15) is 4.79 Å². The predicted octanol–water partition coefficient (Wildman–Crippen LogP) is 3.93. The van der Waals surface area contributed by atoms with Gasteiger partial charge in [-0.05, 0) is 54.6 Å². The van der Waals surface area contributed by atoms with E-state index in [0.29, 0.717) is 12.2 Å². The molecule has 0 saturated carbocycles. The highest BCUT2D eigenvalue weighted by molar-refractivity contribution is 7.03. The summed E-state index contributed by atoms with van der Waals surface area (Å²) in [6.45, 7) is 2.79. The number of nitrogens with zero attached hydrogens (tertiary/aromatic N) is 3. The first kappa shape index (κ1) is 18.4. The summed E-state index contributed by atoms with van der Waals surface area (Å²) in [6, 6.07) is 16.1. The van der Waals surface area contributed by atoms with Crippen LogP contribution in [0.2, 0.25) is 0 Å². The first-order valence-electron chi connectivity index (χ1n) is 9.21. The zero-order chi connectivity index (χ0) is 19.3. The molecule has 0 N–H and O–H groups in total. The zero-order valence-electron chi connectivity index (χ0n) is 15.6. The quantitative estimate of drug-likeness (QED) is 0.606. The Morgan fingerprint density at radius 3 is 2.75 bits per heavy atom. The molecule has 7 heteroatoms. The fourth-order valence-electron chi connectivity index (χ4n) is 3.24. The van der Waals surface area contributed by atoms with Crippen molar-refractivity contribution in [3.05, 3.63) is 70.7 Å². The molecule has 3 aromatic rings. The van der Waals surface area contributed by atoms with Crippen molar-refractivity contribution in [1.29, 1.82) is 0 Å². The van der Waals surface area contributed by atoms with Gasteiger partial charge in [0, 0.05) is 18.0 Å². The average molecular weight is 395 g/mol. The number of amides is 1. The maximum Gasteiger partial charge on any atom is 0.275 e. The average Bonchev–Trinajstić information content (AvgIpc) is 3.42. The number of hydrogen-bond donors (Lipinski definition) is 0. The van der Waals surface area contributed by atoms with Gasteiger partial charge in [-0.25, -0.2) is 0 Å². The summed E-state index contributed by atoms with van der Waals surface area (Å²) in [5, 5.41) is 5.66. The molecule has 6 nitrogen and oxygen atoms in total. The highest BCUT2D eigenvalue weighted by Crippen LogP contribution is 2.33. The predicted molar refractivity (Wildman–Crippen MR) is 107 cm³/mol. The summed E-state index contributed by atoms with van der Waals surface area (Å²) >= 11 is 1.18. The van der Waals surface area contributed by atoms with Gasteiger partial charge in [0.1, 0.15) is 0 Å². The molecule has 2 heterocycles. The second kappa shape index (κ2) is 8.39. The van der Waals surface area contributed by atoms with Crippen molar-refractivity contribution in [3.8, 4) is 11.5 Å². The van der Waals surface area contributed by atoms with Gasteiger partial charge in [-0.15, -0.1) is 5.10 Å². The topological polar surface area (TPSA) is 64.6 Å². The van der Waals surface area contributed by atoms with Crippen LogP contribution in [0.1, 0.15) is 35.0 Å². The van der Waals surface area contributed by atoms with Crippen LogP contribution in [0.4, 0.5) is 0 Å². The molecule has 4 rings (SSSR count). The Balaban J connectivity index is 1.52. The SMILES string of the molecule is C[C@@H](CCc1ccccc1)N(Cc1ccc2c(c1)OCO2)C(=O)c1csnn1. The summed E-state index contributed by atoms with van der Waals surface area (Å²) in [6.07, 6.45) is 1.76. The number of carbonyl (C=O) groups excluding carboxylic acids is 1. The maximum atomic E-state index is 13.1. The highest BCUT2D eigenvalue weighted by atomic mass is 32.1. The Morgan fingerprint density at radius 2 is 1.96 bits per heavy atom. The molecule has 0 aliphatic carbocycles. The van der Waals surface area contributed by atoms with Crippen molar-refractivity contribution in [3.63, 3.8) is 0 Å². The van der Waals surface area contributed by atoms with Gasteiger partial charge in [0.25, 0.3) is 5.91 Å². The van der Waals surface area contributed by atoms with Gasteiger partial charge in [0.15, 0.2) is 17.2 Å². The molecule has 0 spiro atoms. The van der Waals surface area contributed by atoms with Gasteiger partial charge in [0.2, 0.25) is 6.79 Å². The molecular weight excluding hydrogens is 374 g/mol. The number of aromatic nitrogens is 2. The Kier molecular flexibility index (Phi) is 5.53. The van der Waals surface area contributed by atoms with Crippen molar-refractivity contribution >= 4 is 17.4 Å². The first-order chi connectivity index (χ1) is 13.7. The van der Waals surface area contributed by atoms with Crippen molar-refractivity contribution in [2.24, 2.45) is 0 Å². The molecule has 0 saturated heterocycles. The van der Waals surface area contributed by atoms with Gasteiger partial charge in [-0.2, -0.15) is 0 Å². The number of rotatable bonds is 7. The lowest BCUT2D eigenvalue weighted by molar-refractivity contribution is 0.0661. The molecule has 28 heavy (non-hydrogen) atoms. The molecule has 144 valence electrons. The van der Waals surface area contributed by atoms with Crippen LogP contribution >= 0.6 is 11.5 Å². The van der Waals surface area contributed by atoms with Gasteiger partial charge in [0.05, 0.1) is 0 Å². The third-order valence-corrected chi connectivity index (χ3v) is 5.36. The number of hydrogen-bond acceptors (Lipinski definition) is 6. The number of fused-ring (bicyclic) bond motifs is 1. The third-order valence-electron chi connectivity index (χ3n) is 4.86. The molecule has 2 aromatic carbocycles. The second-order valence-corrected chi connectivity index (χ2v) is 7.39. The lowest BCUT2D eigenvalue weighted by Crippen LogP contribution is -2.38. The van der Waals surface area contributed by atoms with Crippen LogP contribution in [-0.4, -0.2) is 33.2 Å². The van der Waals surface area contributed by atoms with Gasteiger partial charge in [-0.3, -0.25) is 4.79 Å². The molecule has 1 amide bonds. The van der Waals surface area contributed by atoms with Crippen molar-refractivity contribution in [1.82, 2.24) is 14.5 Å². The molecule has 1 aromatic heterocycles. The Labute approximate surface area is 167 Å². The number of aryl methyl sites for hydroxylation is 1. The van der Waals surface area contributed by atoms with E-state index in [-0.39, 0.29) is 18.7 Å². The van der Waals surface area contributed by atoms with Crippen molar-refractivity contribution < 1.29 is 14.3 Å². The molecule has 0 unspecified atom stereocenters. The first-order valence-corrected chi connectivity index (χ1v) is 10.0. The fraction of sp³-hybridized carbons (Fsp3) is 0.286. The minimum atomic E-state index is -0.105. The van der Waals surface area contributed by atoms with E-state index in [4.69, 9.17) is 9.47 Å². The number of ether oxygens (including phenoxy) is 2. The summed E-state index contributed by atoms with van der Waals surface area (Å²) in [7, 11) is 0. The van der Waals surface area contributed by atoms with Crippen LogP contribution in [-0.2, 0) is 13.0 Å². The minimum absolute atomic E-state index is 0.0415. The molecule has 1 aliphatic rings. The summed E-state index contributed by atoms with van der Waals surface area (Å²) in [5.41, 5.74) is 2.64. The second-order valence-electron chi connectivity index (χ2n) is 6.78. The summed E-state index contributed by atoms with van der Waals surface area (Å²) in [5.74, 6) is 1.35. The third kappa shape index (κ3) is 4.14. The van der Waals surface area contributed by atoms with Crippen molar-refractivity contribution in [2.45, 2.75) is 32.4 Å². The van der Waals surface area contributed by atoms with Crippen LogP contribution in [0, 0.1) is 0 Å². The number of benzene rings is 2. The van der Waals surface area contributed by atoms with E-state index < -0.39 is 0 Å². The molecule has 1 aliphatic heterocycles. The van der Waals surface area contributed by atoms with Crippen LogP contribution < -0.4 is 9.47 Å². The normalized spacial score (nSPS) is 13.3. The van der Waals surface area contributed by atoms with E-state index in [1.807, 2.05) is 41.3 Å². The molecule has 1 atom stereocenters. The standard InChI is InChI=1S/C21H21N3O3S/c1-15(7-8-16-5-3-2-4-6-16)24(21(25)18-13-28-23-22-18)12-17-9-10-19-20(11-17)27-14-26-19/h2-6,9-11,13,15H,7-8,12,14H2,1H3/t15-/m0/s1. The van der Waals surface area contributed by atoms with E-state index in [1.54, 1.807) is 5.38 Å². The van der Waals surface area contributed by atoms with Crippen LogP contribution in [0.15, 0.2) is 53.9 Å². The Bertz CT molecular complexity index is 931. The lowest BCUT2D eigenvalue weighted by atomic mass is 10.0.